The molecule has 0 bridgehead atoms. The van der Waals surface area contributed by atoms with Crippen LogP contribution >= 0.6 is 11.8 Å². The van der Waals surface area contributed by atoms with Crippen LogP contribution in [0.4, 0.5) is 0 Å². The van der Waals surface area contributed by atoms with E-state index in [0.717, 1.165) is 6.54 Å². The van der Waals surface area contributed by atoms with Gasteiger partial charge in [0.1, 0.15) is 0 Å². The maximum Gasteiger partial charge on any atom is 0.0168 e. The van der Waals surface area contributed by atoms with Gasteiger partial charge in [-0.25, -0.2) is 0 Å². The minimum Gasteiger partial charge on any atom is -0.327 e. The fraction of sp³-hybridized carbons (Fsp3) is 1.00. The minimum absolute atomic E-state index is 0.419. The molecule has 0 radical (unpaired) electrons. The topological polar surface area (TPSA) is 29.3 Å². The molecular weight excluding hydrogens is 180 g/mol. The molecule has 0 aromatic carbocycles. The summed E-state index contributed by atoms with van der Waals surface area (Å²) in [6.07, 6.45) is 2.49. The Morgan fingerprint density at radius 2 is 2.38 bits per heavy atom. The van der Waals surface area contributed by atoms with Gasteiger partial charge in [-0.1, -0.05) is 6.92 Å². The number of nitrogens with two attached hydrogens (primary N) is 1. The van der Waals surface area contributed by atoms with Crippen LogP contribution in [0.3, 0.4) is 0 Å². The van der Waals surface area contributed by atoms with E-state index < -0.39 is 0 Å². The highest BCUT2D eigenvalue weighted by atomic mass is 32.2. The van der Waals surface area contributed by atoms with E-state index >= 15 is 0 Å². The molecule has 0 aliphatic carbocycles. The van der Waals surface area contributed by atoms with E-state index in [9.17, 15) is 0 Å². The lowest BCUT2D eigenvalue weighted by Gasteiger charge is -2.35. The van der Waals surface area contributed by atoms with Crippen LogP contribution in [0.1, 0.15) is 26.7 Å². The average Bonchev–Trinajstić information content (AvgIpc) is 2.14. The van der Waals surface area contributed by atoms with Crippen molar-refractivity contribution < 1.29 is 0 Å². The van der Waals surface area contributed by atoms with Crippen LogP contribution < -0.4 is 5.73 Å². The molecule has 1 saturated heterocycles. The van der Waals surface area contributed by atoms with Gasteiger partial charge in [-0.15, -0.1) is 0 Å². The number of nitrogens with zero attached hydrogens (tertiary/aromatic N) is 1. The molecular formula is C10H22N2S. The molecule has 3 heteroatoms. The molecule has 0 saturated carbocycles. The van der Waals surface area contributed by atoms with E-state index in [1.807, 2.05) is 11.8 Å². The first-order chi connectivity index (χ1) is 6.24. The number of piperidine rings is 1. The average molecular weight is 202 g/mol. The molecule has 13 heavy (non-hydrogen) atoms. The molecule has 0 spiro atoms. The van der Waals surface area contributed by atoms with E-state index in [4.69, 9.17) is 5.73 Å². The summed E-state index contributed by atoms with van der Waals surface area (Å²) < 4.78 is 0. The molecule has 1 fully saturated rings. The highest BCUT2D eigenvalue weighted by molar-refractivity contribution is 7.99. The predicted octanol–water partition coefficient (Wildman–Crippen LogP) is 1.55. The van der Waals surface area contributed by atoms with Gasteiger partial charge < -0.3 is 5.73 Å². The zero-order valence-electron chi connectivity index (χ0n) is 8.83. The van der Waals surface area contributed by atoms with Crippen molar-refractivity contribution in [2.24, 2.45) is 5.73 Å². The van der Waals surface area contributed by atoms with Gasteiger partial charge in [0.15, 0.2) is 0 Å². The second-order valence-electron chi connectivity index (χ2n) is 3.91. The van der Waals surface area contributed by atoms with Gasteiger partial charge in [-0.05, 0) is 32.1 Å². The van der Waals surface area contributed by atoms with E-state index in [-0.39, 0.29) is 0 Å². The summed E-state index contributed by atoms with van der Waals surface area (Å²) in [6, 6.07) is 1.12. The van der Waals surface area contributed by atoms with Gasteiger partial charge in [0.05, 0.1) is 0 Å². The number of hydrogen-bond acceptors (Lipinski definition) is 3. The predicted molar refractivity (Wildman–Crippen MR) is 61.2 cm³/mol. The molecule has 1 heterocycles. The molecule has 1 aliphatic heterocycles. The Morgan fingerprint density at radius 3 is 3.00 bits per heavy atom. The quantitative estimate of drug-likeness (QED) is 0.750. The highest BCUT2D eigenvalue weighted by Crippen LogP contribution is 2.14. The third-order valence-electron chi connectivity index (χ3n) is 2.68. The molecule has 0 aromatic heterocycles. The van der Waals surface area contributed by atoms with Gasteiger partial charge in [0.2, 0.25) is 0 Å². The van der Waals surface area contributed by atoms with Gasteiger partial charge in [-0.2, -0.15) is 11.8 Å². The normalized spacial score (nSPS) is 27.5. The van der Waals surface area contributed by atoms with Crippen molar-refractivity contribution in [3.8, 4) is 0 Å². The second kappa shape index (κ2) is 5.89. The van der Waals surface area contributed by atoms with Crippen molar-refractivity contribution in [3.05, 3.63) is 0 Å². The van der Waals surface area contributed by atoms with Crippen molar-refractivity contribution in [2.75, 3.05) is 24.6 Å². The Balaban J connectivity index is 2.24. The number of thioether (sulfide) groups is 1. The van der Waals surface area contributed by atoms with Crippen molar-refractivity contribution in [1.29, 1.82) is 0 Å². The standard InChI is InChI=1S/C10H22N2S/c1-3-13-8-9(2)12-6-4-5-10(11)7-12/h9-10H,3-8,11H2,1-2H3. The summed E-state index contributed by atoms with van der Waals surface area (Å²) >= 11 is 2.03. The third-order valence-corrected chi connectivity index (χ3v) is 3.80. The first-order valence-electron chi connectivity index (χ1n) is 5.31. The zero-order chi connectivity index (χ0) is 9.68. The third kappa shape index (κ3) is 3.88. The Morgan fingerprint density at radius 1 is 1.62 bits per heavy atom. The second-order valence-corrected chi connectivity index (χ2v) is 5.22. The molecule has 1 rings (SSSR count). The molecule has 2 nitrogen and oxygen atoms in total. The minimum atomic E-state index is 0.419. The Hall–Kier alpha value is 0.270. The van der Waals surface area contributed by atoms with Crippen molar-refractivity contribution in [3.63, 3.8) is 0 Å². The lowest BCUT2D eigenvalue weighted by Crippen LogP contribution is -2.47. The first-order valence-corrected chi connectivity index (χ1v) is 6.47. The van der Waals surface area contributed by atoms with Crippen LogP contribution in [0.5, 0.6) is 0 Å². The smallest absolute Gasteiger partial charge is 0.0168 e. The summed E-state index contributed by atoms with van der Waals surface area (Å²) in [5.74, 6) is 2.48. The lowest BCUT2D eigenvalue weighted by atomic mass is 10.1. The number of rotatable bonds is 4. The Labute approximate surface area is 86.2 Å². The summed E-state index contributed by atoms with van der Waals surface area (Å²) in [5, 5.41) is 0. The molecule has 2 unspecified atom stereocenters. The summed E-state index contributed by atoms with van der Waals surface area (Å²) in [4.78, 5) is 2.54. The van der Waals surface area contributed by atoms with Gasteiger partial charge in [0.25, 0.3) is 0 Å². The van der Waals surface area contributed by atoms with Crippen molar-refractivity contribution in [2.45, 2.75) is 38.8 Å². The molecule has 0 amide bonds. The highest BCUT2D eigenvalue weighted by Gasteiger charge is 2.20. The first kappa shape index (κ1) is 11.3. The number of hydrogen-bond donors (Lipinski definition) is 1. The van der Waals surface area contributed by atoms with Gasteiger partial charge in [-0.3, -0.25) is 4.90 Å². The van der Waals surface area contributed by atoms with E-state index in [1.54, 1.807) is 0 Å². The van der Waals surface area contributed by atoms with E-state index in [2.05, 4.69) is 18.7 Å². The molecule has 78 valence electrons. The van der Waals surface area contributed by atoms with E-state index in [1.165, 1.54) is 30.9 Å². The Bertz CT molecular complexity index is 141. The maximum absolute atomic E-state index is 5.94. The molecule has 1 aliphatic rings. The lowest BCUT2D eigenvalue weighted by molar-refractivity contribution is 0.171. The Kier molecular flexibility index (Phi) is 5.14. The fourth-order valence-electron chi connectivity index (χ4n) is 1.83. The molecule has 2 N–H and O–H groups in total. The SMILES string of the molecule is CCSCC(C)N1CCCC(N)C1. The fourth-order valence-corrected chi connectivity index (χ4v) is 2.62. The van der Waals surface area contributed by atoms with Crippen LogP contribution in [-0.4, -0.2) is 41.6 Å². The summed E-state index contributed by atoms with van der Waals surface area (Å²) in [7, 11) is 0. The molecule has 0 aromatic rings. The van der Waals surface area contributed by atoms with Crippen LogP contribution in [0.25, 0.3) is 0 Å². The maximum atomic E-state index is 5.94. The number of likely N-dealkylation sites (tertiary alicyclic amines) is 1. The summed E-state index contributed by atoms with van der Waals surface area (Å²) in [6.45, 7) is 6.89. The zero-order valence-corrected chi connectivity index (χ0v) is 9.65. The monoisotopic (exact) mass is 202 g/mol. The largest absolute Gasteiger partial charge is 0.327 e. The summed E-state index contributed by atoms with van der Waals surface area (Å²) in [5.41, 5.74) is 5.94. The van der Waals surface area contributed by atoms with Gasteiger partial charge in [0, 0.05) is 24.4 Å². The van der Waals surface area contributed by atoms with Crippen LogP contribution in [0.15, 0.2) is 0 Å². The van der Waals surface area contributed by atoms with Crippen molar-refractivity contribution in [1.82, 2.24) is 4.90 Å². The van der Waals surface area contributed by atoms with Crippen molar-refractivity contribution >= 4 is 11.8 Å². The van der Waals surface area contributed by atoms with Gasteiger partial charge >= 0.3 is 0 Å². The van der Waals surface area contributed by atoms with E-state index in [0.29, 0.717) is 12.1 Å². The van der Waals surface area contributed by atoms with Crippen LogP contribution in [-0.2, 0) is 0 Å². The molecule has 2 atom stereocenters. The van der Waals surface area contributed by atoms with Crippen LogP contribution in [0, 0.1) is 0 Å². The van der Waals surface area contributed by atoms with Crippen LogP contribution in [0.2, 0.25) is 0 Å².